The molecule has 106 valence electrons. The molecule has 0 aliphatic rings. The van der Waals surface area contributed by atoms with Crippen LogP contribution in [0, 0.1) is 12.7 Å². The van der Waals surface area contributed by atoms with Gasteiger partial charge in [0.1, 0.15) is 5.82 Å². The van der Waals surface area contributed by atoms with Crippen molar-refractivity contribution < 1.29 is 9.18 Å². The Balaban J connectivity index is 2.16. The lowest BCUT2D eigenvalue weighted by Crippen LogP contribution is -2.14. The van der Waals surface area contributed by atoms with Crippen molar-refractivity contribution in [1.82, 2.24) is 15.0 Å². The van der Waals surface area contributed by atoms with Gasteiger partial charge in [-0.25, -0.2) is 4.39 Å². The number of aryl methyl sites for hydroxylation is 1. The largest absolute Gasteiger partial charge is 0.329 e. The fraction of sp³-hybridized carbons (Fsp3) is 0.250. The predicted octanol–water partition coefficient (Wildman–Crippen LogP) is 1.70. The number of carbonyl (C=O) groups is 1. The second kappa shape index (κ2) is 6.10. The lowest BCUT2D eigenvalue weighted by atomic mass is 10.2. The van der Waals surface area contributed by atoms with E-state index in [-0.39, 0.29) is 16.0 Å². The van der Waals surface area contributed by atoms with Gasteiger partial charge in [0.25, 0.3) is 5.91 Å². The standard InChI is InChI=1S/C12H13BrFN5O/c1-7-4-9(14)8(13)5-10(7)16-12(20)11-6-19(3-2-15)18-17-11/h4-6H,2-3,15H2,1H3,(H,16,20). The summed E-state index contributed by atoms with van der Waals surface area (Å²) in [6.07, 6.45) is 1.51. The van der Waals surface area contributed by atoms with Crippen LogP contribution in [0.4, 0.5) is 10.1 Å². The van der Waals surface area contributed by atoms with Gasteiger partial charge in [0.05, 0.1) is 17.2 Å². The van der Waals surface area contributed by atoms with Gasteiger partial charge >= 0.3 is 0 Å². The molecule has 0 saturated carbocycles. The van der Waals surface area contributed by atoms with Crippen molar-refractivity contribution in [2.24, 2.45) is 5.73 Å². The number of anilines is 1. The first-order chi connectivity index (χ1) is 9.51. The molecular weight excluding hydrogens is 329 g/mol. The number of aromatic nitrogens is 3. The summed E-state index contributed by atoms with van der Waals surface area (Å²) in [5.41, 5.74) is 6.70. The Kier molecular flexibility index (Phi) is 4.46. The quantitative estimate of drug-likeness (QED) is 0.886. The minimum Gasteiger partial charge on any atom is -0.329 e. The highest BCUT2D eigenvalue weighted by molar-refractivity contribution is 9.10. The third-order valence-corrected chi connectivity index (χ3v) is 3.25. The Labute approximate surface area is 123 Å². The van der Waals surface area contributed by atoms with Crippen LogP contribution in [-0.4, -0.2) is 27.4 Å². The van der Waals surface area contributed by atoms with Crippen LogP contribution in [0.5, 0.6) is 0 Å². The molecular formula is C12H13BrFN5O. The number of halogens is 2. The number of nitrogens with two attached hydrogens (primary N) is 1. The minimum absolute atomic E-state index is 0.179. The van der Waals surface area contributed by atoms with E-state index in [1.54, 1.807) is 6.92 Å². The van der Waals surface area contributed by atoms with Crippen LogP contribution in [0.1, 0.15) is 16.1 Å². The Hall–Kier alpha value is -1.80. The van der Waals surface area contributed by atoms with E-state index in [0.717, 1.165) is 0 Å². The number of amides is 1. The second-order valence-corrected chi connectivity index (χ2v) is 5.05. The summed E-state index contributed by atoms with van der Waals surface area (Å²) in [4.78, 5) is 12.0. The lowest BCUT2D eigenvalue weighted by molar-refractivity contribution is 0.102. The SMILES string of the molecule is Cc1cc(F)c(Br)cc1NC(=O)c1cn(CCN)nn1. The maximum atomic E-state index is 13.3. The summed E-state index contributed by atoms with van der Waals surface area (Å²) in [5, 5.41) is 10.2. The topological polar surface area (TPSA) is 85.8 Å². The first-order valence-electron chi connectivity index (χ1n) is 5.88. The van der Waals surface area contributed by atoms with Crippen LogP contribution >= 0.6 is 15.9 Å². The van der Waals surface area contributed by atoms with Crippen LogP contribution < -0.4 is 11.1 Å². The zero-order chi connectivity index (χ0) is 14.7. The summed E-state index contributed by atoms with van der Waals surface area (Å²) < 4.78 is 15.1. The zero-order valence-electron chi connectivity index (χ0n) is 10.7. The van der Waals surface area contributed by atoms with Crippen molar-refractivity contribution in [3.05, 3.63) is 39.9 Å². The maximum Gasteiger partial charge on any atom is 0.277 e. The third-order valence-electron chi connectivity index (χ3n) is 2.64. The van der Waals surface area contributed by atoms with Crippen LogP contribution in [-0.2, 0) is 6.54 Å². The molecule has 2 aromatic rings. The van der Waals surface area contributed by atoms with E-state index in [2.05, 4.69) is 31.6 Å². The maximum absolute atomic E-state index is 13.3. The highest BCUT2D eigenvalue weighted by atomic mass is 79.9. The number of carbonyl (C=O) groups excluding carboxylic acids is 1. The van der Waals surface area contributed by atoms with Gasteiger partial charge in [-0.3, -0.25) is 9.48 Å². The first-order valence-corrected chi connectivity index (χ1v) is 6.67. The Morgan fingerprint density at radius 3 is 3.00 bits per heavy atom. The van der Waals surface area contributed by atoms with Gasteiger partial charge in [0.15, 0.2) is 5.69 Å². The van der Waals surface area contributed by atoms with E-state index in [9.17, 15) is 9.18 Å². The van der Waals surface area contributed by atoms with Crippen LogP contribution in [0.15, 0.2) is 22.8 Å². The van der Waals surface area contributed by atoms with Gasteiger partial charge in [0, 0.05) is 12.2 Å². The van der Waals surface area contributed by atoms with E-state index in [1.165, 1.54) is 23.0 Å². The van der Waals surface area contributed by atoms with Crippen LogP contribution in [0.3, 0.4) is 0 Å². The second-order valence-electron chi connectivity index (χ2n) is 4.19. The molecule has 0 atom stereocenters. The van der Waals surface area contributed by atoms with Crippen LogP contribution in [0.2, 0.25) is 0 Å². The lowest BCUT2D eigenvalue weighted by Gasteiger charge is -2.08. The van der Waals surface area contributed by atoms with E-state index in [4.69, 9.17) is 5.73 Å². The van der Waals surface area contributed by atoms with Crippen molar-refractivity contribution in [1.29, 1.82) is 0 Å². The average molecular weight is 342 g/mol. The molecule has 1 aromatic heterocycles. The number of nitrogens with zero attached hydrogens (tertiary/aromatic N) is 3. The molecule has 0 spiro atoms. The van der Waals surface area contributed by atoms with Gasteiger partial charge in [-0.05, 0) is 40.5 Å². The van der Waals surface area contributed by atoms with Crippen molar-refractivity contribution in [2.45, 2.75) is 13.5 Å². The zero-order valence-corrected chi connectivity index (χ0v) is 12.3. The Bertz CT molecular complexity index is 643. The molecule has 6 nitrogen and oxygen atoms in total. The molecule has 3 N–H and O–H groups in total. The number of hydrogen-bond donors (Lipinski definition) is 2. The average Bonchev–Trinajstić information content (AvgIpc) is 2.85. The Morgan fingerprint density at radius 1 is 1.55 bits per heavy atom. The molecule has 0 unspecified atom stereocenters. The van der Waals surface area contributed by atoms with E-state index < -0.39 is 5.91 Å². The van der Waals surface area contributed by atoms with E-state index in [0.29, 0.717) is 24.3 Å². The summed E-state index contributed by atoms with van der Waals surface area (Å²) in [7, 11) is 0. The molecule has 0 radical (unpaired) electrons. The van der Waals surface area contributed by atoms with Crippen molar-refractivity contribution in [2.75, 3.05) is 11.9 Å². The van der Waals surface area contributed by atoms with Gasteiger partial charge < -0.3 is 11.1 Å². The highest BCUT2D eigenvalue weighted by Crippen LogP contribution is 2.24. The van der Waals surface area contributed by atoms with Gasteiger partial charge in [0.2, 0.25) is 0 Å². The molecule has 0 saturated heterocycles. The molecule has 0 fully saturated rings. The van der Waals surface area contributed by atoms with Gasteiger partial charge in [-0.1, -0.05) is 5.21 Å². The smallest absolute Gasteiger partial charge is 0.277 e. The third kappa shape index (κ3) is 3.20. The number of nitrogens with one attached hydrogen (secondary N) is 1. The summed E-state index contributed by atoms with van der Waals surface area (Å²) in [6, 6.07) is 2.85. The van der Waals surface area contributed by atoms with E-state index >= 15 is 0 Å². The fourth-order valence-electron chi connectivity index (χ4n) is 1.61. The molecule has 8 heteroatoms. The van der Waals surface area contributed by atoms with Crippen molar-refractivity contribution >= 4 is 27.5 Å². The summed E-state index contributed by atoms with van der Waals surface area (Å²) in [6.45, 7) is 2.60. The monoisotopic (exact) mass is 341 g/mol. The minimum atomic E-state index is -0.408. The molecule has 1 aromatic carbocycles. The number of benzene rings is 1. The predicted molar refractivity (Wildman–Crippen MR) is 75.9 cm³/mol. The molecule has 20 heavy (non-hydrogen) atoms. The molecule has 0 aliphatic carbocycles. The number of rotatable bonds is 4. The van der Waals surface area contributed by atoms with Crippen LogP contribution in [0.25, 0.3) is 0 Å². The molecule has 1 amide bonds. The van der Waals surface area contributed by atoms with Crippen molar-refractivity contribution in [3.8, 4) is 0 Å². The normalized spacial score (nSPS) is 10.6. The van der Waals surface area contributed by atoms with Crippen molar-refractivity contribution in [3.63, 3.8) is 0 Å². The number of hydrogen-bond acceptors (Lipinski definition) is 4. The molecule has 0 bridgehead atoms. The first kappa shape index (κ1) is 14.6. The fourth-order valence-corrected chi connectivity index (χ4v) is 1.95. The van der Waals surface area contributed by atoms with Gasteiger partial charge in [-0.15, -0.1) is 5.10 Å². The van der Waals surface area contributed by atoms with Gasteiger partial charge in [-0.2, -0.15) is 0 Å². The molecule has 1 heterocycles. The highest BCUT2D eigenvalue weighted by Gasteiger charge is 2.13. The summed E-state index contributed by atoms with van der Waals surface area (Å²) >= 11 is 3.08. The van der Waals surface area contributed by atoms with E-state index in [1.807, 2.05) is 0 Å². The summed E-state index contributed by atoms with van der Waals surface area (Å²) in [5.74, 6) is -0.788. The molecule has 0 aliphatic heterocycles. The molecule has 2 rings (SSSR count). The Morgan fingerprint density at radius 2 is 2.30 bits per heavy atom.